The Morgan fingerprint density at radius 2 is 1.95 bits per heavy atom. The van der Waals surface area contributed by atoms with Crippen LogP contribution in [0.3, 0.4) is 0 Å². The summed E-state index contributed by atoms with van der Waals surface area (Å²) in [5, 5.41) is 13.1. The number of pyridine rings is 1. The second-order valence-electron chi connectivity index (χ2n) is 9.94. The molecule has 7 nitrogen and oxygen atoms in total. The lowest BCUT2D eigenvalue weighted by atomic mass is 9.89. The Labute approximate surface area is 222 Å². The molecule has 1 aromatic heterocycles. The second-order valence-corrected chi connectivity index (χ2v) is 9.94. The molecule has 2 rings (SSSR count). The van der Waals surface area contributed by atoms with Crippen molar-refractivity contribution in [2.75, 3.05) is 38.7 Å². The van der Waals surface area contributed by atoms with Gasteiger partial charge in [0.25, 0.3) is 0 Å². The molecule has 0 aliphatic carbocycles. The third-order valence-corrected chi connectivity index (χ3v) is 6.79. The first-order valence-electron chi connectivity index (χ1n) is 12.7. The van der Waals surface area contributed by atoms with E-state index in [0.717, 1.165) is 39.9 Å². The van der Waals surface area contributed by atoms with Crippen molar-refractivity contribution in [1.29, 1.82) is 5.26 Å². The fourth-order valence-corrected chi connectivity index (χ4v) is 4.44. The van der Waals surface area contributed by atoms with Gasteiger partial charge in [0.05, 0.1) is 29.6 Å². The maximum Gasteiger partial charge on any atom is 0.222 e. The fraction of sp³-hybridized carbons (Fsp3) is 0.433. The second kappa shape index (κ2) is 13.1. The van der Waals surface area contributed by atoms with E-state index in [-0.39, 0.29) is 18.0 Å². The van der Waals surface area contributed by atoms with Gasteiger partial charge in [-0.3, -0.25) is 14.7 Å². The van der Waals surface area contributed by atoms with Gasteiger partial charge in [-0.25, -0.2) is 0 Å². The number of carbonyl (C=O) groups excluding carboxylic acids is 1. The molecule has 0 saturated heterocycles. The van der Waals surface area contributed by atoms with Crippen molar-refractivity contribution in [3.8, 4) is 17.2 Å². The third kappa shape index (κ3) is 6.99. The zero-order chi connectivity index (χ0) is 27.9. The summed E-state index contributed by atoms with van der Waals surface area (Å²) in [5.41, 5.74) is 13.6. The van der Waals surface area contributed by atoms with Gasteiger partial charge in [-0.1, -0.05) is 25.2 Å². The van der Waals surface area contributed by atoms with Crippen LogP contribution in [0, 0.1) is 18.3 Å². The van der Waals surface area contributed by atoms with Gasteiger partial charge in [0, 0.05) is 54.6 Å². The number of nitrogen functional groups attached to an aromatic ring is 1. The number of rotatable bonds is 11. The Hall–Kier alpha value is -3.63. The average molecular weight is 503 g/mol. The highest BCUT2D eigenvalue weighted by Crippen LogP contribution is 2.36. The van der Waals surface area contributed by atoms with Crippen LogP contribution in [0.5, 0.6) is 0 Å². The zero-order valence-corrected chi connectivity index (χ0v) is 23.6. The van der Waals surface area contributed by atoms with Crippen LogP contribution in [0.2, 0.25) is 0 Å². The molecule has 1 aromatic carbocycles. The predicted molar refractivity (Wildman–Crippen MR) is 155 cm³/mol. The molecular formula is C30H42N6O. The van der Waals surface area contributed by atoms with Crippen molar-refractivity contribution >= 4 is 22.9 Å². The Balaban J connectivity index is 2.51. The number of amides is 1. The summed E-state index contributed by atoms with van der Waals surface area (Å²) in [6.07, 6.45) is 6.87. The van der Waals surface area contributed by atoms with Gasteiger partial charge in [-0.15, -0.1) is 0 Å². The molecule has 0 saturated carbocycles. The quantitative estimate of drug-likeness (QED) is 0.395. The Kier molecular flexibility index (Phi) is 10.5. The lowest BCUT2D eigenvalue weighted by Gasteiger charge is -2.28. The molecule has 3 N–H and O–H groups in total. The molecule has 1 amide bonds. The predicted octanol–water partition coefficient (Wildman–Crippen LogP) is 5.48. The molecule has 1 atom stereocenters. The lowest BCUT2D eigenvalue weighted by molar-refractivity contribution is -0.132. The number of nitriles is 1. The normalized spacial score (nSPS) is 12.4. The number of nitrogens with one attached hydrogen (secondary N) is 1. The van der Waals surface area contributed by atoms with E-state index in [2.05, 4.69) is 54.7 Å². The fourth-order valence-electron chi connectivity index (χ4n) is 4.44. The average Bonchev–Trinajstić information content (AvgIpc) is 2.87. The molecule has 0 fully saturated rings. The lowest BCUT2D eigenvalue weighted by Crippen LogP contribution is -2.37. The van der Waals surface area contributed by atoms with E-state index in [9.17, 15) is 10.1 Å². The minimum Gasteiger partial charge on any atom is -0.397 e. The summed E-state index contributed by atoms with van der Waals surface area (Å²) in [7, 11) is 5.89. The van der Waals surface area contributed by atoms with Crippen LogP contribution in [-0.4, -0.2) is 60.5 Å². The van der Waals surface area contributed by atoms with Crippen molar-refractivity contribution in [3.05, 3.63) is 59.4 Å². The first-order valence-corrected chi connectivity index (χ1v) is 12.7. The summed E-state index contributed by atoms with van der Waals surface area (Å²) < 4.78 is 0. The topological polar surface area (TPSA) is 98.3 Å². The van der Waals surface area contributed by atoms with Gasteiger partial charge in [0.15, 0.2) is 0 Å². The number of aromatic nitrogens is 1. The molecule has 0 radical (unpaired) electrons. The smallest absolute Gasteiger partial charge is 0.222 e. The van der Waals surface area contributed by atoms with E-state index < -0.39 is 0 Å². The minimum atomic E-state index is -0.0812. The molecule has 0 aliphatic rings. The molecule has 2 aromatic rings. The monoisotopic (exact) mass is 502 g/mol. The highest BCUT2D eigenvalue weighted by atomic mass is 16.2. The van der Waals surface area contributed by atoms with Crippen LogP contribution >= 0.6 is 0 Å². The van der Waals surface area contributed by atoms with Crippen molar-refractivity contribution < 1.29 is 4.79 Å². The van der Waals surface area contributed by atoms with E-state index in [1.54, 1.807) is 12.4 Å². The van der Waals surface area contributed by atoms with Crippen molar-refractivity contribution in [2.45, 2.75) is 59.5 Å². The maximum absolute atomic E-state index is 12.3. The first-order chi connectivity index (χ1) is 17.5. The third-order valence-electron chi connectivity index (χ3n) is 6.79. The number of hydrogen-bond donors (Lipinski definition) is 2. The molecule has 0 spiro atoms. The maximum atomic E-state index is 12.3. The number of anilines is 2. The standard InChI is InChI=1S/C30H42N6O/c1-10-30(37)36(19(2)3)12-11-20(4)13-29(35(8)9)22(6)24-15-25(23(16-31)14-28(24)33-7)26-17-34-18-27(32)21(26)5/h13-15,17-19,29,33H,6,10-12,32H2,1-5,7-9H3/b20-13+. The summed E-state index contributed by atoms with van der Waals surface area (Å²) >= 11 is 0. The van der Waals surface area contributed by atoms with Crippen LogP contribution < -0.4 is 11.1 Å². The molecule has 1 heterocycles. The van der Waals surface area contributed by atoms with Crippen molar-refractivity contribution in [1.82, 2.24) is 14.8 Å². The molecule has 1 unspecified atom stereocenters. The van der Waals surface area contributed by atoms with Crippen molar-refractivity contribution in [3.63, 3.8) is 0 Å². The molecule has 7 heteroatoms. The number of carbonyl (C=O) groups is 1. The van der Waals surface area contributed by atoms with Gasteiger partial charge in [-0.2, -0.15) is 5.26 Å². The van der Waals surface area contributed by atoms with Gasteiger partial charge >= 0.3 is 0 Å². The van der Waals surface area contributed by atoms with Crippen LogP contribution in [-0.2, 0) is 4.79 Å². The van der Waals surface area contributed by atoms with Crippen LogP contribution in [0.4, 0.5) is 11.4 Å². The molecule has 0 aliphatic heterocycles. The van der Waals surface area contributed by atoms with Gasteiger partial charge in [-0.05, 0) is 71.5 Å². The number of nitrogens with two attached hydrogens (primary N) is 1. The summed E-state index contributed by atoms with van der Waals surface area (Å²) in [5.74, 6) is 0.173. The zero-order valence-electron chi connectivity index (χ0n) is 23.6. The number of hydrogen-bond acceptors (Lipinski definition) is 6. The summed E-state index contributed by atoms with van der Waals surface area (Å²) in [4.78, 5) is 20.7. The Bertz CT molecular complexity index is 1210. The highest BCUT2D eigenvalue weighted by Gasteiger charge is 2.21. The molecule has 37 heavy (non-hydrogen) atoms. The highest BCUT2D eigenvalue weighted by molar-refractivity contribution is 5.87. The van der Waals surface area contributed by atoms with Crippen LogP contribution in [0.1, 0.15) is 57.2 Å². The van der Waals surface area contributed by atoms with E-state index >= 15 is 0 Å². The van der Waals surface area contributed by atoms with Crippen LogP contribution in [0.15, 0.2) is 42.8 Å². The van der Waals surface area contributed by atoms with E-state index in [1.807, 2.05) is 52.0 Å². The minimum absolute atomic E-state index is 0.0812. The van der Waals surface area contributed by atoms with E-state index in [4.69, 9.17) is 5.73 Å². The van der Waals surface area contributed by atoms with Gasteiger partial charge in [0.1, 0.15) is 0 Å². The van der Waals surface area contributed by atoms with Crippen LogP contribution in [0.25, 0.3) is 16.7 Å². The molecule has 0 bridgehead atoms. The largest absolute Gasteiger partial charge is 0.397 e. The van der Waals surface area contributed by atoms with E-state index in [0.29, 0.717) is 24.2 Å². The summed E-state index contributed by atoms with van der Waals surface area (Å²) in [6, 6.07) is 6.28. The van der Waals surface area contributed by atoms with E-state index in [1.165, 1.54) is 5.57 Å². The summed E-state index contributed by atoms with van der Waals surface area (Å²) in [6.45, 7) is 15.2. The Morgan fingerprint density at radius 3 is 2.49 bits per heavy atom. The van der Waals surface area contributed by atoms with Gasteiger partial charge in [0.2, 0.25) is 5.91 Å². The molecular weight excluding hydrogens is 460 g/mol. The SMILES string of the molecule is C=C(c1cc(-c2cncc(N)c2C)c(C#N)cc1NC)C(/C=C(\C)CCN(C(=O)CC)C(C)C)N(C)C. The van der Waals surface area contributed by atoms with Gasteiger partial charge < -0.3 is 16.0 Å². The molecule has 198 valence electrons. The number of likely N-dealkylation sites (N-methyl/N-ethyl adjacent to an activating group) is 1. The Morgan fingerprint density at radius 1 is 1.27 bits per heavy atom. The number of benzene rings is 1. The number of nitrogens with zero attached hydrogens (tertiary/aromatic N) is 4. The first kappa shape index (κ1) is 29.6. The van der Waals surface area contributed by atoms with Crippen molar-refractivity contribution in [2.24, 2.45) is 0 Å².